The van der Waals surface area contributed by atoms with Crippen molar-refractivity contribution in [1.82, 2.24) is 14.5 Å². The van der Waals surface area contributed by atoms with Crippen molar-refractivity contribution in [2.24, 2.45) is 7.05 Å². The maximum Gasteiger partial charge on any atom is 0.407 e. The van der Waals surface area contributed by atoms with E-state index in [2.05, 4.69) is 47.3 Å². The Hall–Kier alpha value is -1.56. The van der Waals surface area contributed by atoms with Gasteiger partial charge >= 0.3 is 6.09 Å². The molecule has 2 aromatic rings. The van der Waals surface area contributed by atoms with Gasteiger partial charge in [-0.2, -0.15) is 0 Å². The summed E-state index contributed by atoms with van der Waals surface area (Å²) >= 11 is 3.61. The van der Waals surface area contributed by atoms with Gasteiger partial charge in [0.1, 0.15) is 10.3 Å². The van der Waals surface area contributed by atoms with Gasteiger partial charge in [-0.05, 0) is 45.0 Å². The maximum atomic E-state index is 11.3. The van der Waals surface area contributed by atoms with Crippen molar-refractivity contribution in [1.29, 1.82) is 0 Å². The van der Waals surface area contributed by atoms with E-state index < -0.39 is 6.09 Å². The normalized spacial score (nSPS) is 15.6. The third-order valence-electron chi connectivity index (χ3n) is 4.68. The van der Waals surface area contributed by atoms with E-state index in [1.165, 1.54) is 21.7 Å². The van der Waals surface area contributed by atoms with Crippen LogP contribution < -0.4 is 0 Å². The lowest BCUT2D eigenvalue weighted by Gasteiger charge is -2.20. The molecular weight excluding hydrogens is 358 g/mol. The molecule has 0 aromatic carbocycles. The SMILES string of the molecule is Cn1c2c(c3cc(C(C)(C)C)c(Br)nc31)CCN(C(=O)O)CC2. The number of carboxylic acid groups (broad SMARTS) is 1. The Morgan fingerprint density at radius 3 is 2.57 bits per heavy atom. The van der Waals surface area contributed by atoms with Crippen LogP contribution in [0.25, 0.3) is 11.0 Å². The average molecular weight is 380 g/mol. The van der Waals surface area contributed by atoms with Gasteiger partial charge in [-0.15, -0.1) is 0 Å². The summed E-state index contributed by atoms with van der Waals surface area (Å²) in [5.41, 5.74) is 4.60. The predicted molar refractivity (Wildman–Crippen MR) is 94.1 cm³/mol. The van der Waals surface area contributed by atoms with Crippen molar-refractivity contribution in [3.63, 3.8) is 0 Å². The molecule has 1 amide bonds. The van der Waals surface area contributed by atoms with E-state index >= 15 is 0 Å². The van der Waals surface area contributed by atoms with Gasteiger partial charge in [0.15, 0.2) is 0 Å². The lowest BCUT2D eigenvalue weighted by atomic mass is 9.87. The second kappa shape index (κ2) is 5.51. The van der Waals surface area contributed by atoms with E-state index in [-0.39, 0.29) is 5.41 Å². The zero-order valence-electron chi connectivity index (χ0n) is 14.0. The molecule has 0 fully saturated rings. The van der Waals surface area contributed by atoms with Gasteiger partial charge in [0.2, 0.25) is 0 Å². The molecule has 0 saturated carbocycles. The summed E-state index contributed by atoms with van der Waals surface area (Å²) in [5.74, 6) is 0. The molecule has 0 aliphatic carbocycles. The fourth-order valence-corrected chi connectivity index (χ4v) is 4.24. The molecule has 1 aliphatic rings. The summed E-state index contributed by atoms with van der Waals surface area (Å²) in [4.78, 5) is 17.5. The number of hydrogen-bond acceptors (Lipinski definition) is 2. The van der Waals surface area contributed by atoms with Gasteiger partial charge in [0, 0.05) is 37.6 Å². The number of nitrogens with zero attached hydrogens (tertiary/aromatic N) is 3. The van der Waals surface area contributed by atoms with Gasteiger partial charge in [-0.1, -0.05) is 20.8 Å². The fourth-order valence-electron chi connectivity index (χ4n) is 3.36. The minimum Gasteiger partial charge on any atom is -0.465 e. The molecule has 0 atom stereocenters. The number of halogens is 1. The van der Waals surface area contributed by atoms with Crippen LogP contribution in [-0.4, -0.2) is 38.7 Å². The molecule has 0 unspecified atom stereocenters. The largest absolute Gasteiger partial charge is 0.465 e. The fraction of sp³-hybridized carbons (Fsp3) is 0.529. The summed E-state index contributed by atoms with van der Waals surface area (Å²) in [5, 5.41) is 10.4. The molecule has 0 saturated heterocycles. The Labute approximate surface area is 144 Å². The molecule has 1 N–H and O–H groups in total. The Morgan fingerprint density at radius 2 is 1.96 bits per heavy atom. The lowest BCUT2D eigenvalue weighted by molar-refractivity contribution is 0.147. The van der Waals surface area contributed by atoms with Crippen molar-refractivity contribution in [2.75, 3.05) is 13.1 Å². The highest BCUT2D eigenvalue weighted by Crippen LogP contribution is 2.35. The highest BCUT2D eigenvalue weighted by Gasteiger charge is 2.26. The number of hydrogen-bond donors (Lipinski definition) is 1. The molecule has 3 heterocycles. The second-order valence-electron chi connectivity index (χ2n) is 7.20. The van der Waals surface area contributed by atoms with Crippen LogP contribution >= 0.6 is 15.9 Å². The van der Waals surface area contributed by atoms with E-state index in [1.807, 2.05) is 7.05 Å². The molecule has 0 spiro atoms. The number of carbonyl (C=O) groups is 1. The molecular formula is C17H22BrN3O2. The van der Waals surface area contributed by atoms with Crippen LogP contribution in [-0.2, 0) is 25.3 Å². The van der Waals surface area contributed by atoms with Crippen LogP contribution in [0.3, 0.4) is 0 Å². The van der Waals surface area contributed by atoms with E-state index in [9.17, 15) is 9.90 Å². The number of pyridine rings is 1. The Kier molecular flexibility index (Phi) is 3.91. The van der Waals surface area contributed by atoms with Crippen LogP contribution in [0, 0.1) is 0 Å². The number of rotatable bonds is 0. The lowest BCUT2D eigenvalue weighted by Crippen LogP contribution is -2.31. The number of aromatic nitrogens is 2. The third-order valence-corrected chi connectivity index (χ3v) is 5.29. The zero-order valence-corrected chi connectivity index (χ0v) is 15.6. The maximum absolute atomic E-state index is 11.3. The molecule has 0 bridgehead atoms. The van der Waals surface area contributed by atoms with Crippen LogP contribution in [0.2, 0.25) is 0 Å². The Morgan fingerprint density at radius 1 is 1.30 bits per heavy atom. The minimum atomic E-state index is -0.835. The summed E-state index contributed by atoms with van der Waals surface area (Å²) in [6, 6.07) is 2.22. The first-order valence-corrected chi connectivity index (χ1v) is 8.64. The molecule has 23 heavy (non-hydrogen) atoms. The van der Waals surface area contributed by atoms with E-state index in [0.717, 1.165) is 28.5 Å². The van der Waals surface area contributed by atoms with Crippen molar-refractivity contribution >= 4 is 33.1 Å². The van der Waals surface area contributed by atoms with Crippen molar-refractivity contribution in [2.45, 2.75) is 39.0 Å². The minimum absolute atomic E-state index is 0.000573. The van der Waals surface area contributed by atoms with Crippen LogP contribution in [0.15, 0.2) is 10.7 Å². The molecule has 124 valence electrons. The van der Waals surface area contributed by atoms with Gasteiger partial charge in [0.05, 0.1) is 0 Å². The van der Waals surface area contributed by atoms with Crippen molar-refractivity contribution < 1.29 is 9.90 Å². The molecule has 0 radical (unpaired) electrons. The van der Waals surface area contributed by atoms with E-state index in [1.54, 1.807) is 0 Å². The first kappa shape index (κ1) is 16.3. The first-order valence-electron chi connectivity index (χ1n) is 7.85. The second-order valence-corrected chi connectivity index (χ2v) is 7.95. The van der Waals surface area contributed by atoms with Crippen LogP contribution in [0.5, 0.6) is 0 Å². The zero-order chi connectivity index (χ0) is 16.9. The van der Waals surface area contributed by atoms with Gasteiger partial charge in [-0.3, -0.25) is 0 Å². The molecule has 5 nitrogen and oxygen atoms in total. The number of fused-ring (bicyclic) bond motifs is 3. The highest BCUT2D eigenvalue weighted by atomic mass is 79.9. The summed E-state index contributed by atoms with van der Waals surface area (Å²) in [6.45, 7) is 7.61. The average Bonchev–Trinajstić information content (AvgIpc) is 2.62. The smallest absolute Gasteiger partial charge is 0.407 e. The predicted octanol–water partition coefficient (Wildman–Crippen LogP) is 3.71. The van der Waals surface area contributed by atoms with Crippen LogP contribution in [0.4, 0.5) is 4.79 Å². The Bertz CT molecular complexity index is 789. The van der Waals surface area contributed by atoms with Gasteiger partial charge < -0.3 is 14.6 Å². The highest BCUT2D eigenvalue weighted by molar-refractivity contribution is 9.10. The molecule has 2 aromatic heterocycles. The molecule has 6 heteroatoms. The van der Waals surface area contributed by atoms with E-state index in [0.29, 0.717) is 13.1 Å². The van der Waals surface area contributed by atoms with Gasteiger partial charge in [-0.25, -0.2) is 9.78 Å². The number of aryl methyl sites for hydroxylation is 1. The third kappa shape index (κ3) is 2.73. The first-order chi connectivity index (χ1) is 10.7. The van der Waals surface area contributed by atoms with Crippen LogP contribution in [0.1, 0.15) is 37.6 Å². The summed E-state index contributed by atoms with van der Waals surface area (Å²) < 4.78 is 3.01. The van der Waals surface area contributed by atoms with Crippen molar-refractivity contribution in [3.8, 4) is 0 Å². The Balaban J connectivity index is 2.17. The standard InChI is InChI=1S/C17H22BrN3O2/c1-17(2,3)12-9-11-10-5-7-21(16(22)23)8-6-13(10)20(4)15(11)19-14(12)18/h9H,5-8H2,1-4H3,(H,22,23). The monoisotopic (exact) mass is 379 g/mol. The quantitative estimate of drug-likeness (QED) is 0.709. The summed E-state index contributed by atoms with van der Waals surface area (Å²) in [7, 11) is 2.02. The molecule has 3 rings (SSSR count). The van der Waals surface area contributed by atoms with Crippen molar-refractivity contribution in [3.05, 3.63) is 27.5 Å². The topological polar surface area (TPSA) is 58.4 Å². The van der Waals surface area contributed by atoms with E-state index in [4.69, 9.17) is 4.98 Å². The number of amides is 1. The summed E-state index contributed by atoms with van der Waals surface area (Å²) in [6.07, 6.45) is 0.640. The van der Waals surface area contributed by atoms with Gasteiger partial charge in [0.25, 0.3) is 0 Å². The molecule has 1 aliphatic heterocycles.